The lowest BCUT2D eigenvalue weighted by Gasteiger charge is -2.13. The number of rotatable bonds is 4. The molecule has 2 N–H and O–H groups in total. The van der Waals surface area contributed by atoms with E-state index in [1.807, 2.05) is 50.2 Å². The van der Waals surface area contributed by atoms with Gasteiger partial charge in [-0.05, 0) is 49.6 Å². The first kappa shape index (κ1) is 15.2. The lowest BCUT2D eigenvalue weighted by Crippen LogP contribution is -2.30. The Kier molecular flexibility index (Phi) is 4.68. The predicted octanol–water partition coefficient (Wildman–Crippen LogP) is 4.59. The van der Waals surface area contributed by atoms with Gasteiger partial charge in [-0.25, -0.2) is 4.79 Å². The summed E-state index contributed by atoms with van der Waals surface area (Å²) in [5, 5.41) is 5.68. The van der Waals surface area contributed by atoms with Gasteiger partial charge >= 0.3 is 6.03 Å². The van der Waals surface area contributed by atoms with E-state index < -0.39 is 0 Å². The van der Waals surface area contributed by atoms with Crippen LogP contribution < -0.4 is 10.6 Å². The zero-order valence-electron chi connectivity index (χ0n) is 12.9. The largest absolute Gasteiger partial charge is 0.464 e. The number of carbonyl (C=O) groups excluding carboxylic acids is 1. The monoisotopic (exact) mass is 286 g/mol. The van der Waals surface area contributed by atoms with Crippen LogP contribution in [0.2, 0.25) is 0 Å². The Morgan fingerprint density at radius 2 is 1.71 bits per heavy atom. The van der Waals surface area contributed by atoms with Crippen LogP contribution >= 0.6 is 0 Å². The smallest absolute Gasteiger partial charge is 0.319 e. The molecule has 1 atom stereocenters. The van der Waals surface area contributed by atoms with Gasteiger partial charge in [0.2, 0.25) is 0 Å². The van der Waals surface area contributed by atoms with Crippen LogP contribution in [-0.2, 0) is 0 Å². The standard InChI is InChI=1S/C17H22N2O2/c1-11(2)14-6-8-15(9-7-14)19-17(20)18-13(4)16-10-5-12(3)21-16/h5-11,13H,1-4H3,(H2,18,19,20)/t13-/m1/s1. The van der Waals surface area contributed by atoms with E-state index in [0.717, 1.165) is 17.2 Å². The number of urea groups is 1. The van der Waals surface area contributed by atoms with Crippen LogP contribution in [-0.4, -0.2) is 6.03 Å². The second-order valence-corrected chi connectivity index (χ2v) is 5.55. The molecule has 0 fully saturated rings. The number of aryl methyl sites for hydroxylation is 1. The maximum absolute atomic E-state index is 12.0. The highest BCUT2D eigenvalue weighted by Crippen LogP contribution is 2.18. The summed E-state index contributed by atoms with van der Waals surface area (Å²) in [6.45, 7) is 8.05. The Morgan fingerprint density at radius 1 is 1.05 bits per heavy atom. The summed E-state index contributed by atoms with van der Waals surface area (Å²) in [6, 6.07) is 11.2. The number of benzene rings is 1. The Labute approximate surface area is 125 Å². The van der Waals surface area contributed by atoms with Gasteiger partial charge < -0.3 is 15.1 Å². The first-order valence-electron chi connectivity index (χ1n) is 7.19. The maximum Gasteiger partial charge on any atom is 0.319 e. The third kappa shape index (κ3) is 4.12. The third-order valence-corrected chi connectivity index (χ3v) is 3.37. The normalized spacial score (nSPS) is 12.2. The number of anilines is 1. The van der Waals surface area contributed by atoms with Crippen molar-refractivity contribution in [3.05, 3.63) is 53.5 Å². The fourth-order valence-electron chi connectivity index (χ4n) is 2.07. The Balaban J connectivity index is 1.92. The molecule has 0 bridgehead atoms. The van der Waals surface area contributed by atoms with Gasteiger partial charge in [0.1, 0.15) is 11.5 Å². The van der Waals surface area contributed by atoms with Crippen molar-refractivity contribution in [2.24, 2.45) is 0 Å². The van der Waals surface area contributed by atoms with Crippen molar-refractivity contribution in [2.45, 2.75) is 39.7 Å². The van der Waals surface area contributed by atoms with Gasteiger partial charge in [-0.15, -0.1) is 0 Å². The fourth-order valence-corrected chi connectivity index (χ4v) is 2.07. The van der Waals surface area contributed by atoms with E-state index in [2.05, 4.69) is 24.5 Å². The van der Waals surface area contributed by atoms with Gasteiger partial charge in [0.05, 0.1) is 6.04 Å². The van der Waals surface area contributed by atoms with Crippen LogP contribution in [0.15, 0.2) is 40.8 Å². The summed E-state index contributed by atoms with van der Waals surface area (Å²) >= 11 is 0. The van der Waals surface area contributed by atoms with Crippen LogP contribution in [0.4, 0.5) is 10.5 Å². The minimum absolute atomic E-state index is 0.173. The van der Waals surface area contributed by atoms with Gasteiger partial charge in [-0.1, -0.05) is 26.0 Å². The van der Waals surface area contributed by atoms with E-state index >= 15 is 0 Å². The van der Waals surface area contributed by atoms with Crippen molar-refractivity contribution >= 4 is 11.7 Å². The summed E-state index contributed by atoms with van der Waals surface area (Å²) in [6.07, 6.45) is 0. The lowest BCUT2D eigenvalue weighted by atomic mass is 10.0. The molecule has 4 heteroatoms. The second-order valence-electron chi connectivity index (χ2n) is 5.55. The molecular formula is C17H22N2O2. The number of nitrogens with one attached hydrogen (secondary N) is 2. The number of hydrogen-bond acceptors (Lipinski definition) is 2. The molecule has 2 amide bonds. The molecule has 0 radical (unpaired) electrons. The predicted molar refractivity (Wildman–Crippen MR) is 84.5 cm³/mol. The molecule has 0 spiro atoms. The molecule has 4 nitrogen and oxygen atoms in total. The highest BCUT2D eigenvalue weighted by Gasteiger charge is 2.12. The number of carbonyl (C=O) groups is 1. The Bertz CT molecular complexity index is 600. The summed E-state index contributed by atoms with van der Waals surface area (Å²) in [5.74, 6) is 2.07. The molecule has 1 aromatic heterocycles. The van der Waals surface area contributed by atoms with Crippen LogP contribution in [0.3, 0.4) is 0 Å². The van der Waals surface area contributed by atoms with Crippen molar-refractivity contribution in [2.75, 3.05) is 5.32 Å². The Hall–Kier alpha value is -2.23. The minimum atomic E-state index is -0.242. The van der Waals surface area contributed by atoms with Gasteiger partial charge in [0.15, 0.2) is 0 Å². The number of furan rings is 1. The SMILES string of the molecule is Cc1ccc([C@@H](C)NC(=O)Nc2ccc(C(C)C)cc2)o1. The highest BCUT2D eigenvalue weighted by atomic mass is 16.3. The fraction of sp³-hybridized carbons (Fsp3) is 0.353. The quantitative estimate of drug-likeness (QED) is 0.863. The van der Waals surface area contributed by atoms with Crippen molar-refractivity contribution in [1.29, 1.82) is 0 Å². The van der Waals surface area contributed by atoms with E-state index in [-0.39, 0.29) is 12.1 Å². The van der Waals surface area contributed by atoms with E-state index in [1.54, 1.807) is 0 Å². The first-order valence-corrected chi connectivity index (χ1v) is 7.19. The van der Waals surface area contributed by atoms with Gasteiger partial charge in [0, 0.05) is 5.69 Å². The van der Waals surface area contributed by atoms with Crippen LogP contribution in [0, 0.1) is 6.92 Å². The molecule has 0 aliphatic rings. The van der Waals surface area contributed by atoms with E-state index in [1.165, 1.54) is 5.56 Å². The van der Waals surface area contributed by atoms with Gasteiger partial charge in [0.25, 0.3) is 0 Å². The van der Waals surface area contributed by atoms with Crippen molar-refractivity contribution < 1.29 is 9.21 Å². The van der Waals surface area contributed by atoms with Crippen molar-refractivity contribution in [1.82, 2.24) is 5.32 Å². The lowest BCUT2D eigenvalue weighted by molar-refractivity contribution is 0.247. The topological polar surface area (TPSA) is 54.3 Å². The highest BCUT2D eigenvalue weighted by molar-refractivity contribution is 5.89. The molecular weight excluding hydrogens is 264 g/mol. The Morgan fingerprint density at radius 3 is 2.24 bits per heavy atom. The molecule has 2 aromatic rings. The molecule has 0 saturated heterocycles. The summed E-state index contributed by atoms with van der Waals surface area (Å²) in [7, 11) is 0. The number of hydrogen-bond donors (Lipinski definition) is 2. The van der Waals surface area contributed by atoms with Crippen molar-refractivity contribution in [3.8, 4) is 0 Å². The molecule has 0 aliphatic heterocycles. The molecule has 0 unspecified atom stereocenters. The third-order valence-electron chi connectivity index (χ3n) is 3.37. The second kappa shape index (κ2) is 6.48. The number of amides is 2. The van der Waals surface area contributed by atoms with E-state index in [4.69, 9.17) is 4.42 Å². The molecule has 1 heterocycles. The molecule has 21 heavy (non-hydrogen) atoms. The van der Waals surface area contributed by atoms with Crippen LogP contribution in [0.25, 0.3) is 0 Å². The van der Waals surface area contributed by atoms with Crippen molar-refractivity contribution in [3.63, 3.8) is 0 Å². The van der Waals surface area contributed by atoms with E-state index in [9.17, 15) is 4.79 Å². The van der Waals surface area contributed by atoms with Gasteiger partial charge in [-0.3, -0.25) is 0 Å². The first-order chi connectivity index (χ1) is 9.95. The molecule has 0 aliphatic carbocycles. The maximum atomic E-state index is 12.0. The average molecular weight is 286 g/mol. The summed E-state index contributed by atoms with van der Waals surface area (Å²) in [5.41, 5.74) is 2.03. The molecule has 112 valence electrons. The summed E-state index contributed by atoms with van der Waals surface area (Å²) in [4.78, 5) is 12.0. The zero-order valence-corrected chi connectivity index (χ0v) is 12.9. The van der Waals surface area contributed by atoms with Crippen LogP contribution in [0.5, 0.6) is 0 Å². The zero-order chi connectivity index (χ0) is 15.4. The summed E-state index contributed by atoms with van der Waals surface area (Å²) < 4.78 is 5.50. The van der Waals surface area contributed by atoms with E-state index in [0.29, 0.717) is 5.92 Å². The molecule has 2 rings (SSSR count). The minimum Gasteiger partial charge on any atom is -0.464 e. The van der Waals surface area contributed by atoms with Gasteiger partial charge in [-0.2, -0.15) is 0 Å². The molecule has 0 saturated carbocycles. The van der Waals surface area contributed by atoms with Crippen LogP contribution in [0.1, 0.15) is 49.8 Å². The molecule has 1 aromatic carbocycles. The average Bonchev–Trinajstić information content (AvgIpc) is 2.86.